The van der Waals surface area contributed by atoms with Crippen molar-refractivity contribution in [3.8, 4) is 11.5 Å². The van der Waals surface area contributed by atoms with Gasteiger partial charge in [0.25, 0.3) is 0 Å². The lowest BCUT2D eigenvalue weighted by Gasteiger charge is -2.08. The topological polar surface area (TPSA) is 82.1 Å². The van der Waals surface area contributed by atoms with Gasteiger partial charge in [-0.05, 0) is 6.92 Å². The average molecular weight is 224 g/mol. The maximum Gasteiger partial charge on any atom is 0.350 e. The van der Waals surface area contributed by atoms with Gasteiger partial charge < -0.3 is 14.4 Å². The van der Waals surface area contributed by atoms with Crippen LogP contribution in [0.1, 0.15) is 26.3 Å². The summed E-state index contributed by atoms with van der Waals surface area (Å²) < 4.78 is 9.42. The Kier molecular flexibility index (Phi) is 2.28. The Hall–Kier alpha value is -2.08. The predicted molar refractivity (Wildman–Crippen MR) is 50.7 cm³/mol. The molecule has 0 amide bonds. The number of esters is 2. The van der Waals surface area contributed by atoms with Gasteiger partial charge in [0.05, 0.1) is 12.7 Å². The van der Waals surface area contributed by atoms with Crippen LogP contribution in [-0.2, 0) is 4.74 Å². The minimum Gasteiger partial charge on any atom is -0.496 e. The van der Waals surface area contributed by atoms with Crippen molar-refractivity contribution in [2.45, 2.75) is 6.92 Å². The molecule has 0 atom stereocenters. The first-order valence-corrected chi connectivity index (χ1v) is 4.39. The van der Waals surface area contributed by atoms with Gasteiger partial charge in [-0.2, -0.15) is 0 Å². The summed E-state index contributed by atoms with van der Waals surface area (Å²) in [4.78, 5) is 26.8. The Bertz CT molecular complexity index is 491. The summed E-state index contributed by atoms with van der Waals surface area (Å²) in [6.07, 6.45) is 0. The lowest BCUT2D eigenvalue weighted by molar-refractivity contribution is -0.138. The fraction of sp³-hybridized carbons (Fsp3) is 0.200. The Morgan fingerprint density at radius 3 is 2.38 bits per heavy atom. The highest BCUT2D eigenvalue weighted by atomic mass is 17.1. The van der Waals surface area contributed by atoms with E-state index in [0.717, 1.165) is 0 Å². The minimum absolute atomic E-state index is 0.0633. The number of benzene rings is 1. The van der Waals surface area contributed by atoms with Crippen LogP contribution in [0.5, 0.6) is 11.5 Å². The molecule has 0 radical (unpaired) electrons. The second-order valence-electron chi connectivity index (χ2n) is 3.22. The third kappa shape index (κ3) is 1.24. The molecule has 84 valence electrons. The lowest BCUT2D eigenvalue weighted by atomic mass is 10.0. The van der Waals surface area contributed by atoms with E-state index in [4.69, 9.17) is 9.99 Å². The van der Waals surface area contributed by atoms with Crippen LogP contribution in [0.2, 0.25) is 0 Å². The molecule has 0 aromatic heterocycles. The molecule has 0 saturated heterocycles. The molecule has 1 N–H and O–H groups in total. The number of rotatable bonds is 2. The van der Waals surface area contributed by atoms with Crippen molar-refractivity contribution in [1.29, 1.82) is 0 Å². The normalized spacial score (nSPS) is 13.4. The van der Waals surface area contributed by atoms with Crippen LogP contribution in [0.15, 0.2) is 6.07 Å². The van der Waals surface area contributed by atoms with E-state index < -0.39 is 11.9 Å². The standard InChI is InChI=1S/C10H8O6/c1-4-5(14-2)3-6(16-13)8-7(4)9(11)15-10(8)12/h3,13H,1-2H3. The third-order valence-electron chi connectivity index (χ3n) is 2.42. The SMILES string of the molecule is COc1cc(OO)c2c(c1C)C(=O)OC2=O. The Morgan fingerprint density at radius 1 is 1.19 bits per heavy atom. The number of fused-ring (bicyclic) bond motifs is 1. The fourth-order valence-electron chi connectivity index (χ4n) is 1.66. The first kappa shape index (κ1) is 10.4. The van der Waals surface area contributed by atoms with E-state index in [0.29, 0.717) is 11.3 Å². The van der Waals surface area contributed by atoms with Gasteiger partial charge in [-0.3, -0.25) is 0 Å². The molecule has 0 unspecified atom stereocenters. The van der Waals surface area contributed by atoms with Gasteiger partial charge in [0.1, 0.15) is 11.3 Å². The Balaban J connectivity index is 2.78. The Morgan fingerprint density at radius 2 is 1.81 bits per heavy atom. The monoisotopic (exact) mass is 224 g/mol. The smallest absolute Gasteiger partial charge is 0.350 e. The summed E-state index contributed by atoms with van der Waals surface area (Å²) in [5.74, 6) is -1.44. The first-order chi connectivity index (χ1) is 7.60. The van der Waals surface area contributed by atoms with Gasteiger partial charge >= 0.3 is 11.9 Å². The molecular weight excluding hydrogens is 216 g/mol. The minimum atomic E-state index is -0.838. The molecule has 0 aliphatic carbocycles. The molecule has 6 heteroatoms. The molecule has 0 bridgehead atoms. The molecule has 1 aliphatic heterocycles. The highest BCUT2D eigenvalue weighted by molar-refractivity contribution is 6.17. The number of carbonyl (C=O) groups is 2. The molecule has 6 nitrogen and oxygen atoms in total. The number of ether oxygens (including phenoxy) is 2. The zero-order valence-corrected chi connectivity index (χ0v) is 8.57. The van der Waals surface area contributed by atoms with E-state index in [9.17, 15) is 9.59 Å². The van der Waals surface area contributed by atoms with Crippen molar-refractivity contribution < 1.29 is 29.2 Å². The molecule has 1 aromatic rings. The van der Waals surface area contributed by atoms with Crippen LogP contribution in [0.25, 0.3) is 0 Å². The van der Waals surface area contributed by atoms with E-state index >= 15 is 0 Å². The molecule has 1 heterocycles. The number of hydrogen-bond donors (Lipinski definition) is 1. The van der Waals surface area contributed by atoms with Gasteiger partial charge in [0.15, 0.2) is 5.75 Å². The van der Waals surface area contributed by atoms with Gasteiger partial charge in [0, 0.05) is 11.6 Å². The highest BCUT2D eigenvalue weighted by Crippen LogP contribution is 2.37. The van der Waals surface area contributed by atoms with Crippen molar-refractivity contribution in [2.75, 3.05) is 7.11 Å². The first-order valence-electron chi connectivity index (χ1n) is 4.39. The zero-order valence-electron chi connectivity index (χ0n) is 8.57. The molecule has 0 fully saturated rings. The van der Waals surface area contributed by atoms with E-state index in [-0.39, 0.29) is 16.9 Å². The second-order valence-corrected chi connectivity index (χ2v) is 3.22. The quantitative estimate of drug-likeness (QED) is 0.351. The molecule has 16 heavy (non-hydrogen) atoms. The van der Waals surface area contributed by atoms with Gasteiger partial charge in [-0.1, -0.05) is 0 Å². The molecular formula is C10H8O6. The van der Waals surface area contributed by atoms with Crippen molar-refractivity contribution in [1.82, 2.24) is 0 Å². The van der Waals surface area contributed by atoms with Crippen LogP contribution >= 0.6 is 0 Å². The molecule has 0 saturated carbocycles. The number of hydrogen-bond acceptors (Lipinski definition) is 6. The summed E-state index contributed by atoms with van der Waals surface area (Å²) in [5.41, 5.74) is 0.452. The second kappa shape index (κ2) is 3.49. The van der Waals surface area contributed by atoms with Gasteiger partial charge in [-0.15, -0.1) is 0 Å². The van der Waals surface area contributed by atoms with E-state index in [1.165, 1.54) is 13.2 Å². The highest BCUT2D eigenvalue weighted by Gasteiger charge is 2.36. The van der Waals surface area contributed by atoms with Crippen LogP contribution in [0, 0.1) is 6.92 Å². The van der Waals surface area contributed by atoms with Crippen LogP contribution in [0.4, 0.5) is 0 Å². The van der Waals surface area contributed by atoms with Crippen LogP contribution < -0.4 is 9.62 Å². The number of cyclic esters (lactones) is 2. The fourth-order valence-corrected chi connectivity index (χ4v) is 1.66. The number of methoxy groups -OCH3 is 1. The van der Waals surface area contributed by atoms with Crippen molar-refractivity contribution in [2.24, 2.45) is 0 Å². The number of carbonyl (C=O) groups excluding carboxylic acids is 2. The zero-order chi connectivity index (χ0) is 11.9. The van der Waals surface area contributed by atoms with Crippen molar-refractivity contribution >= 4 is 11.9 Å². The van der Waals surface area contributed by atoms with Crippen LogP contribution in [0.3, 0.4) is 0 Å². The lowest BCUT2D eigenvalue weighted by Crippen LogP contribution is -2.02. The van der Waals surface area contributed by atoms with Crippen molar-refractivity contribution in [3.63, 3.8) is 0 Å². The van der Waals surface area contributed by atoms with Gasteiger partial charge in [0.2, 0.25) is 0 Å². The third-order valence-corrected chi connectivity index (χ3v) is 2.42. The average Bonchev–Trinajstić information content (AvgIpc) is 2.56. The predicted octanol–water partition coefficient (Wildman–Crippen LogP) is 1.17. The summed E-state index contributed by atoms with van der Waals surface area (Å²) in [7, 11) is 1.40. The molecule has 1 aliphatic rings. The maximum absolute atomic E-state index is 11.4. The van der Waals surface area contributed by atoms with E-state index in [2.05, 4.69) is 9.62 Å². The van der Waals surface area contributed by atoms with Crippen molar-refractivity contribution in [3.05, 3.63) is 22.8 Å². The summed E-state index contributed by atoms with van der Waals surface area (Å²) in [6.45, 7) is 1.61. The van der Waals surface area contributed by atoms with Gasteiger partial charge in [-0.25, -0.2) is 14.8 Å². The largest absolute Gasteiger partial charge is 0.496 e. The maximum atomic E-state index is 11.4. The molecule has 1 aromatic carbocycles. The summed E-state index contributed by atoms with van der Waals surface area (Å²) in [5, 5.41) is 8.64. The summed E-state index contributed by atoms with van der Waals surface area (Å²) >= 11 is 0. The Labute approximate surface area is 90.3 Å². The van der Waals surface area contributed by atoms with Crippen LogP contribution in [-0.4, -0.2) is 24.3 Å². The summed E-state index contributed by atoms with van der Waals surface area (Å²) in [6, 6.07) is 1.31. The van der Waals surface area contributed by atoms with E-state index in [1.54, 1.807) is 6.92 Å². The molecule has 0 spiro atoms. The van der Waals surface area contributed by atoms with E-state index in [1.807, 2.05) is 0 Å². The molecule has 2 rings (SSSR count).